The van der Waals surface area contributed by atoms with Gasteiger partial charge < -0.3 is 4.74 Å². The normalized spacial score (nSPS) is 11.7. The van der Waals surface area contributed by atoms with Crippen LogP contribution < -0.4 is 0 Å². The number of ether oxygens (including phenoxy) is 1. The molecule has 0 atom stereocenters. The van der Waals surface area contributed by atoms with Crippen molar-refractivity contribution in [3.63, 3.8) is 0 Å². The highest BCUT2D eigenvalue weighted by Gasteiger charge is 2.43. The van der Waals surface area contributed by atoms with Gasteiger partial charge in [0.2, 0.25) is 0 Å². The van der Waals surface area contributed by atoms with Crippen molar-refractivity contribution in [1.29, 1.82) is 0 Å². The molecule has 0 aliphatic rings. The standard InChI is InChI=1S/C11H9F2NO2S2/c1-2-16-9(15)11(12,13)18-10-14-7-5-3-4-6-8(7)17-10/h3-6H,2H2,1H3. The van der Waals surface area contributed by atoms with Gasteiger partial charge in [0.1, 0.15) is 0 Å². The van der Waals surface area contributed by atoms with E-state index < -0.39 is 11.2 Å². The molecule has 1 heterocycles. The molecule has 18 heavy (non-hydrogen) atoms. The lowest BCUT2D eigenvalue weighted by atomic mass is 10.3. The van der Waals surface area contributed by atoms with Crippen molar-refractivity contribution in [3.8, 4) is 0 Å². The zero-order valence-corrected chi connectivity index (χ0v) is 11.0. The van der Waals surface area contributed by atoms with Crippen molar-refractivity contribution in [2.45, 2.75) is 16.5 Å². The lowest BCUT2D eigenvalue weighted by Crippen LogP contribution is -2.26. The Balaban J connectivity index is 2.20. The maximum Gasteiger partial charge on any atom is 0.395 e. The molecule has 0 aliphatic heterocycles. The Bertz CT molecular complexity index is 538. The van der Waals surface area contributed by atoms with E-state index in [2.05, 4.69) is 9.72 Å². The molecule has 0 bridgehead atoms. The summed E-state index contributed by atoms with van der Waals surface area (Å²) in [4.78, 5) is 15.1. The van der Waals surface area contributed by atoms with Gasteiger partial charge in [-0.25, -0.2) is 9.78 Å². The second-order valence-electron chi connectivity index (χ2n) is 3.29. The Kier molecular flexibility index (Phi) is 3.82. The summed E-state index contributed by atoms with van der Waals surface area (Å²) >= 11 is 1.24. The van der Waals surface area contributed by atoms with E-state index in [1.165, 1.54) is 6.92 Å². The molecule has 7 heteroatoms. The van der Waals surface area contributed by atoms with E-state index >= 15 is 0 Å². The second-order valence-corrected chi connectivity index (χ2v) is 5.68. The number of thioether (sulfide) groups is 1. The first-order valence-corrected chi connectivity index (χ1v) is 6.76. The van der Waals surface area contributed by atoms with Crippen molar-refractivity contribution in [3.05, 3.63) is 24.3 Å². The van der Waals surface area contributed by atoms with Gasteiger partial charge in [0.05, 0.1) is 16.8 Å². The maximum absolute atomic E-state index is 13.5. The van der Waals surface area contributed by atoms with Crippen molar-refractivity contribution < 1.29 is 18.3 Å². The van der Waals surface area contributed by atoms with Crippen LogP contribution in [0.4, 0.5) is 8.78 Å². The molecule has 0 saturated carbocycles. The third-order valence-electron chi connectivity index (χ3n) is 2.00. The van der Waals surface area contributed by atoms with Gasteiger partial charge in [-0.1, -0.05) is 12.1 Å². The molecule has 2 aromatic rings. The van der Waals surface area contributed by atoms with Gasteiger partial charge >= 0.3 is 11.2 Å². The number of fused-ring (bicyclic) bond motifs is 1. The number of carbonyl (C=O) groups is 1. The zero-order chi connectivity index (χ0) is 13.2. The summed E-state index contributed by atoms with van der Waals surface area (Å²) in [6.45, 7) is 1.41. The van der Waals surface area contributed by atoms with Crippen LogP contribution in [0.5, 0.6) is 0 Å². The van der Waals surface area contributed by atoms with Crippen molar-refractivity contribution in [2.24, 2.45) is 0 Å². The largest absolute Gasteiger partial charge is 0.461 e. The van der Waals surface area contributed by atoms with Crippen molar-refractivity contribution in [1.82, 2.24) is 4.98 Å². The average Bonchev–Trinajstić information content (AvgIpc) is 2.70. The third-order valence-corrected chi connectivity index (χ3v) is 4.02. The molecule has 0 aliphatic carbocycles. The lowest BCUT2D eigenvalue weighted by Gasteiger charge is -2.11. The Labute approximate surface area is 110 Å². The highest BCUT2D eigenvalue weighted by molar-refractivity contribution is 8.02. The SMILES string of the molecule is CCOC(=O)C(F)(F)Sc1nc2ccccc2s1. The second kappa shape index (κ2) is 5.19. The molecule has 0 N–H and O–H groups in total. The fourth-order valence-electron chi connectivity index (χ4n) is 1.26. The Morgan fingerprint density at radius 1 is 1.50 bits per heavy atom. The lowest BCUT2D eigenvalue weighted by molar-refractivity contribution is -0.159. The molecule has 0 radical (unpaired) electrons. The van der Waals surface area contributed by atoms with Crippen LogP contribution in [-0.2, 0) is 9.53 Å². The number of hydrogen-bond donors (Lipinski definition) is 0. The van der Waals surface area contributed by atoms with Gasteiger partial charge in [0.25, 0.3) is 0 Å². The summed E-state index contributed by atoms with van der Waals surface area (Å²) in [7, 11) is 0. The molecule has 1 aromatic carbocycles. The quantitative estimate of drug-likeness (QED) is 0.637. The number of para-hydroxylation sites is 1. The van der Waals surface area contributed by atoms with E-state index in [-0.39, 0.29) is 22.7 Å². The van der Waals surface area contributed by atoms with Gasteiger partial charge in [-0.05, 0) is 30.8 Å². The molecular weight excluding hydrogens is 280 g/mol. The number of carbonyl (C=O) groups excluding carboxylic acids is 1. The number of halogens is 2. The van der Waals surface area contributed by atoms with Crippen LogP contribution in [0.3, 0.4) is 0 Å². The van der Waals surface area contributed by atoms with Gasteiger partial charge in [0.15, 0.2) is 4.34 Å². The fourth-order valence-corrected chi connectivity index (χ4v) is 3.21. The first kappa shape index (κ1) is 13.2. The number of nitrogens with zero attached hydrogens (tertiary/aromatic N) is 1. The van der Waals surface area contributed by atoms with Crippen LogP contribution in [0.25, 0.3) is 10.2 Å². The number of thiazole rings is 1. The molecule has 2 rings (SSSR count). The summed E-state index contributed by atoms with van der Waals surface area (Å²) in [5, 5.41) is -3.61. The number of aromatic nitrogens is 1. The minimum atomic E-state index is -3.61. The summed E-state index contributed by atoms with van der Waals surface area (Å²) in [5.41, 5.74) is 0.643. The molecule has 0 unspecified atom stereocenters. The fraction of sp³-hybridized carbons (Fsp3) is 0.273. The molecule has 0 amide bonds. The molecule has 0 saturated heterocycles. The number of hydrogen-bond acceptors (Lipinski definition) is 5. The van der Waals surface area contributed by atoms with Crippen LogP contribution in [0.15, 0.2) is 28.6 Å². The van der Waals surface area contributed by atoms with Crippen molar-refractivity contribution in [2.75, 3.05) is 6.61 Å². The summed E-state index contributed by atoms with van der Waals surface area (Å²) in [6, 6.07) is 7.11. The molecule has 96 valence electrons. The Morgan fingerprint density at radius 3 is 2.89 bits per heavy atom. The molecule has 0 spiro atoms. The van der Waals surface area contributed by atoms with Crippen LogP contribution in [0.2, 0.25) is 0 Å². The molecular formula is C11H9F2NO2S2. The summed E-state index contributed by atoms with van der Waals surface area (Å²) in [5.74, 6) is -1.53. The summed E-state index contributed by atoms with van der Waals surface area (Å²) < 4.78 is 32.2. The first-order chi connectivity index (χ1) is 8.53. The zero-order valence-electron chi connectivity index (χ0n) is 9.35. The molecule has 3 nitrogen and oxygen atoms in total. The summed E-state index contributed by atoms with van der Waals surface area (Å²) in [6.07, 6.45) is 0. The predicted octanol–water partition coefficient (Wildman–Crippen LogP) is 3.54. The van der Waals surface area contributed by atoms with E-state index in [0.717, 1.165) is 16.0 Å². The van der Waals surface area contributed by atoms with Crippen LogP contribution >= 0.6 is 23.1 Å². The number of alkyl halides is 2. The minimum absolute atomic E-state index is 0.0746. The van der Waals surface area contributed by atoms with Crippen LogP contribution in [0.1, 0.15) is 6.92 Å². The monoisotopic (exact) mass is 289 g/mol. The van der Waals surface area contributed by atoms with Crippen LogP contribution in [-0.4, -0.2) is 22.8 Å². The van der Waals surface area contributed by atoms with E-state index in [1.54, 1.807) is 24.3 Å². The van der Waals surface area contributed by atoms with E-state index in [1.807, 2.05) is 0 Å². The smallest absolute Gasteiger partial charge is 0.395 e. The number of benzene rings is 1. The maximum atomic E-state index is 13.5. The van der Waals surface area contributed by atoms with Gasteiger partial charge in [-0.2, -0.15) is 8.78 Å². The van der Waals surface area contributed by atoms with Gasteiger partial charge in [-0.15, -0.1) is 11.3 Å². The minimum Gasteiger partial charge on any atom is -0.461 e. The highest BCUT2D eigenvalue weighted by atomic mass is 32.2. The Hall–Kier alpha value is -1.21. The van der Waals surface area contributed by atoms with Gasteiger partial charge in [0, 0.05) is 0 Å². The first-order valence-electron chi connectivity index (χ1n) is 5.12. The van der Waals surface area contributed by atoms with Crippen LogP contribution in [0, 0.1) is 0 Å². The highest BCUT2D eigenvalue weighted by Crippen LogP contribution is 2.40. The topological polar surface area (TPSA) is 39.2 Å². The predicted molar refractivity (Wildman–Crippen MR) is 67.1 cm³/mol. The molecule has 0 fully saturated rings. The third kappa shape index (κ3) is 2.78. The van der Waals surface area contributed by atoms with E-state index in [9.17, 15) is 13.6 Å². The molecule has 1 aromatic heterocycles. The average molecular weight is 289 g/mol. The number of rotatable bonds is 4. The van der Waals surface area contributed by atoms with Gasteiger partial charge in [-0.3, -0.25) is 0 Å². The number of esters is 1. The van der Waals surface area contributed by atoms with E-state index in [4.69, 9.17) is 0 Å². The van der Waals surface area contributed by atoms with E-state index in [0.29, 0.717) is 5.52 Å². The Morgan fingerprint density at radius 2 is 2.22 bits per heavy atom. The van der Waals surface area contributed by atoms with Crippen molar-refractivity contribution >= 4 is 39.3 Å².